The van der Waals surface area contributed by atoms with Gasteiger partial charge in [0, 0.05) is 6.54 Å². The smallest absolute Gasteiger partial charge is 0.450 e. The summed E-state index contributed by atoms with van der Waals surface area (Å²) in [5.41, 5.74) is -0.526. The lowest BCUT2D eigenvalue weighted by atomic mass is 10.2. The highest BCUT2D eigenvalue weighted by Gasteiger charge is 2.15. The Morgan fingerprint density at radius 1 is 1.33 bits per heavy atom. The first-order valence-corrected chi connectivity index (χ1v) is 4.64. The number of carbonyl (C=O) groups is 2. The fourth-order valence-corrected chi connectivity index (χ4v) is 0.736. The fraction of sp³-hybridized carbons (Fsp3) is 0.778. The van der Waals surface area contributed by atoms with E-state index in [4.69, 9.17) is 9.84 Å². The SMILES string of the molecule is CC(C)(C)OC(=O)NCCCOC(=O)O. The van der Waals surface area contributed by atoms with Crippen molar-refractivity contribution in [2.45, 2.75) is 32.8 Å². The molecule has 0 aliphatic heterocycles. The molecule has 0 aromatic carbocycles. The van der Waals surface area contributed by atoms with Gasteiger partial charge in [-0.2, -0.15) is 0 Å². The van der Waals surface area contributed by atoms with Crippen LogP contribution in [0, 0.1) is 0 Å². The van der Waals surface area contributed by atoms with E-state index in [1.54, 1.807) is 20.8 Å². The lowest BCUT2D eigenvalue weighted by Crippen LogP contribution is -2.33. The highest BCUT2D eigenvalue weighted by molar-refractivity contribution is 5.67. The monoisotopic (exact) mass is 219 g/mol. The molecule has 0 atom stereocenters. The minimum Gasteiger partial charge on any atom is -0.450 e. The van der Waals surface area contributed by atoms with Crippen LogP contribution in [0.15, 0.2) is 0 Å². The lowest BCUT2D eigenvalue weighted by Gasteiger charge is -2.19. The molecule has 0 bridgehead atoms. The maximum Gasteiger partial charge on any atom is 0.505 e. The van der Waals surface area contributed by atoms with E-state index < -0.39 is 17.8 Å². The van der Waals surface area contributed by atoms with Gasteiger partial charge in [-0.1, -0.05) is 0 Å². The van der Waals surface area contributed by atoms with E-state index >= 15 is 0 Å². The summed E-state index contributed by atoms with van der Waals surface area (Å²) in [6.07, 6.45) is -1.41. The van der Waals surface area contributed by atoms with E-state index in [0.29, 0.717) is 13.0 Å². The Bertz CT molecular complexity index is 221. The molecule has 0 rings (SSSR count). The molecule has 6 nitrogen and oxygen atoms in total. The molecule has 15 heavy (non-hydrogen) atoms. The minimum absolute atomic E-state index is 0.0606. The quantitative estimate of drug-likeness (QED) is 0.554. The van der Waals surface area contributed by atoms with Crippen LogP contribution in [0.4, 0.5) is 9.59 Å². The summed E-state index contributed by atoms with van der Waals surface area (Å²) in [5, 5.41) is 10.6. The van der Waals surface area contributed by atoms with E-state index in [9.17, 15) is 9.59 Å². The second kappa shape index (κ2) is 6.10. The Kier molecular flexibility index (Phi) is 5.51. The maximum atomic E-state index is 11.1. The van der Waals surface area contributed by atoms with Gasteiger partial charge in [0.1, 0.15) is 5.60 Å². The summed E-state index contributed by atoms with van der Waals surface area (Å²) >= 11 is 0. The summed E-state index contributed by atoms with van der Waals surface area (Å²) in [7, 11) is 0. The van der Waals surface area contributed by atoms with Crippen molar-refractivity contribution in [1.82, 2.24) is 5.32 Å². The van der Waals surface area contributed by atoms with Gasteiger partial charge in [-0.25, -0.2) is 9.59 Å². The third-order valence-corrected chi connectivity index (χ3v) is 1.21. The van der Waals surface area contributed by atoms with Gasteiger partial charge in [0.25, 0.3) is 0 Å². The number of hydrogen-bond donors (Lipinski definition) is 2. The van der Waals surface area contributed by atoms with E-state index in [2.05, 4.69) is 10.1 Å². The van der Waals surface area contributed by atoms with Crippen molar-refractivity contribution >= 4 is 12.2 Å². The fourth-order valence-electron chi connectivity index (χ4n) is 0.736. The Labute approximate surface area is 88.6 Å². The molecule has 0 unspecified atom stereocenters. The van der Waals surface area contributed by atoms with Crippen LogP contribution in [-0.2, 0) is 9.47 Å². The summed E-state index contributed by atoms with van der Waals surface area (Å²) in [5.74, 6) is 0. The molecular weight excluding hydrogens is 202 g/mol. The van der Waals surface area contributed by atoms with E-state index in [1.807, 2.05) is 0 Å². The number of hydrogen-bond acceptors (Lipinski definition) is 4. The van der Waals surface area contributed by atoms with Crippen LogP contribution in [0.25, 0.3) is 0 Å². The van der Waals surface area contributed by atoms with Gasteiger partial charge in [-0.15, -0.1) is 0 Å². The molecule has 0 fully saturated rings. The normalized spacial score (nSPS) is 10.6. The molecule has 0 saturated carbocycles. The Balaban J connectivity index is 3.44. The predicted molar refractivity (Wildman–Crippen MR) is 52.8 cm³/mol. The van der Waals surface area contributed by atoms with Crippen molar-refractivity contribution in [3.05, 3.63) is 0 Å². The molecule has 2 N–H and O–H groups in total. The number of carboxylic acid groups (broad SMARTS) is 1. The first kappa shape index (κ1) is 13.5. The second-order valence-corrected chi connectivity index (χ2v) is 3.90. The van der Waals surface area contributed by atoms with Gasteiger partial charge in [-0.05, 0) is 27.2 Å². The molecule has 0 aromatic heterocycles. The Morgan fingerprint density at radius 3 is 2.40 bits per heavy atom. The summed E-state index contributed by atoms with van der Waals surface area (Å²) < 4.78 is 9.21. The first-order valence-electron chi connectivity index (χ1n) is 4.64. The number of carbonyl (C=O) groups excluding carboxylic acids is 1. The number of amides is 1. The Morgan fingerprint density at radius 2 is 1.93 bits per heavy atom. The molecule has 1 amide bonds. The number of ether oxygens (including phenoxy) is 2. The van der Waals surface area contributed by atoms with Crippen LogP contribution in [0.5, 0.6) is 0 Å². The zero-order valence-corrected chi connectivity index (χ0v) is 9.20. The highest BCUT2D eigenvalue weighted by Crippen LogP contribution is 2.06. The topological polar surface area (TPSA) is 84.9 Å². The molecule has 0 aliphatic rings. The highest BCUT2D eigenvalue weighted by atomic mass is 16.7. The molecule has 0 heterocycles. The average molecular weight is 219 g/mol. The number of alkyl carbamates (subject to hydrolysis) is 1. The van der Waals surface area contributed by atoms with Gasteiger partial charge < -0.3 is 19.9 Å². The predicted octanol–water partition coefficient (Wildman–Crippen LogP) is 1.60. The van der Waals surface area contributed by atoms with Crippen molar-refractivity contribution in [3.63, 3.8) is 0 Å². The summed E-state index contributed by atoms with van der Waals surface area (Å²) in [4.78, 5) is 21.0. The molecule has 0 spiro atoms. The molecular formula is C9H17NO5. The number of nitrogens with one attached hydrogen (secondary N) is 1. The van der Waals surface area contributed by atoms with Crippen LogP contribution >= 0.6 is 0 Å². The van der Waals surface area contributed by atoms with Gasteiger partial charge in [-0.3, -0.25) is 0 Å². The standard InChI is InChI=1S/C9H17NO5/c1-9(2,3)15-7(11)10-5-4-6-14-8(12)13/h4-6H2,1-3H3,(H,10,11)(H,12,13). The lowest BCUT2D eigenvalue weighted by molar-refractivity contribution is 0.0522. The average Bonchev–Trinajstić information content (AvgIpc) is 1.99. The van der Waals surface area contributed by atoms with E-state index in [0.717, 1.165) is 0 Å². The van der Waals surface area contributed by atoms with Gasteiger partial charge in [0.05, 0.1) is 6.61 Å². The summed E-state index contributed by atoms with van der Waals surface area (Å²) in [6.45, 7) is 5.67. The van der Waals surface area contributed by atoms with Crippen LogP contribution < -0.4 is 5.32 Å². The van der Waals surface area contributed by atoms with E-state index in [-0.39, 0.29) is 6.61 Å². The van der Waals surface area contributed by atoms with Crippen LogP contribution in [0.3, 0.4) is 0 Å². The second-order valence-electron chi connectivity index (χ2n) is 3.90. The third-order valence-electron chi connectivity index (χ3n) is 1.21. The maximum absolute atomic E-state index is 11.1. The molecule has 0 radical (unpaired) electrons. The van der Waals surface area contributed by atoms with Crippen molar-refractivity contribution in [2.24, 2.45) is 0 Å². The van der Waals surface area contributed by atoms with Gasteiger partial charge in [0.2, 0.25) is 0 Å². The summed E-state index contributed by atoms with van der Waals surface area (Å²) in [6, 6.07) is 0. The van der Waals surface area contributed by atoms with Crippen LogP contribution in [0.2, 0.25) is 0 Å². The molecule has 0 aliphatic carbocycles. The van der Waals surface area contributed by atoms with Crippen molar-refractivity contribution in [1.29, 1.82) is 0 Å². The zero-order chi connectivity index (χ0) is 11.9. The van der Waals surface area contributed by atoms with Gasteiger partial charge in [0.15, 0.2) is 0 Å². The van der Waals surface area contributed by atoms with Crippen LogP contribution in [0.1, 0.15) is 27.2 Å². The number of rotatable bonds is 4. The third kappa shape index (κ3) is 10.5. The van der Waals surface area contributed by atoms with Crippen molar-refractivity contribution in [3.8, 4) is 0 Å². The molecule has 6 heteroatoms. The molecule has 0 aromatic rings. The zero-order valence-electron chi connectivity index (χ0n) is 9.20. The van der Waals surface area contributed by atoms with E-state index in [1.165, 1.54) is 0 Å². The molecule has 88 valence electrons. The van der Waals surface area contributed by atoms with Crippen LogP contribution in [-0.4, -0.2) is 36.1 Å². The molecule has 0 saturated heterocycles. The van der Waals surface area contributed by atoms with Gasteiger partial charge >= 0.3 is 12.2 Å². The largest absolute Gasteiger partial charge is 0.505 e. The first-order chi connectivity index (χ1) is 6.81. The van der Waals surface area contributed by atoms with Crippen molar-refractivity contribution in [2.75, 3.05) is 13.2 Å². The minimum atomic E-state index is -1.31. The Hall–Kier alpha value is -1.46. The van der Waals surface area contributed by atoms with Crippen molar-refractivity contribution < 1.29 is 24.2 Å².